The number of benzene rings is 1. The van der Waals surface area contributed by atoms with Gasteiger partial charge in [-0.2, -0.15) is 0 Å². The molecule has 0 spiro atoms. The molecule has 0 aromatic heterocycles. The summed E-state index contributed by atoms with van der Waals surface area (Å²) in [5.74, 6) is 0. The van der Waals surface area contributed by atoms with E-state index in [4.69, 9.17) is 23.2 Å². The molecule has 0 bridgehead atoms. The van der Waals surface area contributed by atoms with Gasteiger partial charge in [-0.05, 0) is 58.4 Å². The van der Waals surface area contributed by atoms with E-state index in [0.29, 0.717) is 16.1 Å². The van der Waals surface area contributed by atoms with Gasteiger partial charge in [0, 0.05) is 17.8 Å². The van der Waals surface area contributed by atoms with Crippen molar-refractivity contribution >= 4 is 28.9 Å². The van der Waals surface area contributed by atoms with Crippen molar-refractivity contribution in [1.29, 1.82) is 0 Å². The third kappa shape index (κ3) is 5.94. The van der Waals surface area contributed by atoms with Crippen LogP contribution in [-0.4, -0.2) is 18.6 Å². The summed E-state index contributed by atoms with van der Waals surface area (Å²) in [6.07, 6.45) is 2.75. The van der Waals surface area contributed by atoms with Gasteiger partial charge in [-0.1, -0.05) is 23.2 Å². The van der Waals surface area contributed by atoms with Crippen molar-refractivity contribution in [3.05, 3.63) is 28.2 Å². The van der Waals surface area contributed by atoms with E-state index in [0.717, 1.165) is 11.7 Å². The molecule has 1 unspecified atom stereocenters. The fourth-order valence-corrected chi connectivity index (χ4v) is 2.08. The van der Waals surface area contributed by atoms with Crippen LogP contribution in [0.2, 0.25) is 10.0 Å². The molecule has 0 saturated carbocycles. The van der Waals surface area contributed by atoms with Gasteiger partial charge >= 0.3 is 0 Å². The number of hydrogen-bond donors (Lipinski definition) is 2. The number of nitrogens with one attached hydrogen (secondary N) is 2. The Hall–Kier alpha value is -0.440. The first-order valence-electron chi connectivity index (χ1n) is 6.44. The van der Waals surface area contributed by atoms with Gasteiger partial charge < -0.3 is 10.6 Å². The molecule has 0 radical (unpaired) electrons. The second-order valence-electron chi connectivity index (χ2n) is 4.93. The quantitative estimate of drug-likeness (QED) is 0.833. The summed E-state index contributed by atoms with van der Waals surface area (Å²) in [4.78, 5) is 0. The van der Waals surface area contributed by atoms with Crippen LogP contribution < -0.4 is 10.6 Å². The van der Waals surface area contributed by atoms with Crippen molar-refractivity contribution < 1.29 is 0 Å². The van der Waals surface area contributed by atoms with Crippen LogP contribution in [0.5, 0.6) is 0 Å². The molecule has 1 aromatic rings. The Morgan fingerprint density at radius 1 is 1.28 bits per heavy atom. The zero-order valence-electron chi connectivity index (χ0n) is 11.3. The highest BCUT2D eigenvalue weighted by molar-refractivity contribution is 6.42. The number of halogens is 2. The molecule has 2 rings (SSSR count). The van der Waals surface area contributed by atoms with Crippen LogP contribution in [0.25, 0.3) is 0 Å². The van der Waals surface area contributed by atoms with Crippen molar-refractivity contribution in [2.75, 3.05) is 11.9 Å². The zero-order chi connectivity index (χ0) is 13.5. The molecule has 1 heterocycles. The molecule has 0 amide bonds. The minimum Gasteiger partial charge on any atom is -0.383 e. The molecule has 2 nitrogen and oxygen atoms in total. The molecule has 4 heteroatoms. The molecule has 2 N–H and O–H groups in total. The Morgan fingerprint density at radius 2 is 2.00 bits per heavy atom. The van der Waals surface area contributed by atoms with E-state index < -0.39 is 0 Å². The molecule has 1 aromatic carbocycles. The maximum atomic E-state index is 5.83. The highest BCUT2D eigenvalue weighted by atomic mass is 35.5. The average molecular weight is 289 g/mol. The van der Waals surface area contributed by atoms with Crippen molar-refractivity contribution in [2.24, 2.45) is 0 Å². The van der Waals surface area contributed by atoms with Crippen LogP contribution in [0, 0.1) is 0 Å². The van der Waals surface area contributed by atoms with E-state index in [1.54, 1.807) is 6.07 Å². The van der Waals surface area contributed by atoms with Crippen LogP contribution in [0.15, 0.2) is 18.2 Å². The molecule has 0 aliphatic carbocycles. The van der Waals surface area contributed by atoms with Gasteiger partial charge in [0.05, 0.1) is 10.0 Å². The maximum Gasteiger partial charge on any atom is 0.0612 e. The lowest BCUT2D eigenvalue weighted by molar-refractivity contribution is 0.664. The van der Waals surface area contributed by atoms with Gasteiger partial charge in [-0.15, -0.1) is 0 Å². The number of hydrogen-bond acceptors (Lipinski definition) is 2. The van der Waals surface area contributed by atoms with Gasteiger partial charge in [0.25, 0.3) is 0 Å². The van der Waals surface area contributed by atoms with Crippen LogP contribution in [0.1, 0.15) is 33.6 Å². The van der Waals surface area contributed by atoms with E-state index >= 15 is 0 Å². The molecule has 18 heavy (non-hydrogen) atoms. The van der Waals surface area contributed by atoms with Gasteiger partial charge in [-0.25, -0.2) is 0 Å². The molecule has 1 aliphatic heterocycles. The number of anilines is 1. The summed E-state index contributed by atoms with van der Waals surface area (Å²) in [6, 6.07) is 6.72. The smallest absolute Gasteiger partial charge is 0.0612 e. The first kappa shape index (κ1) is 15.6. The first-order chi connectivity index (χ1) is 8.49. The largest absolute Gasteiger partial charge is 0.383 e. The highest BCUT2D eigenvalue weighted by Crippen LogP contribution is 2.25. The summed E-state index contributed by atoms with van der Waals surface area (Å²) in [6.45, 7) is 7.61. The SMILES string of the molecule is CC(C)Nc1ccc(Cl)c(Cl)c1.CC1CCCN1. The Morgan fingerprint density at radius 3 is 2.39 bits per heavy atom. The van der Waals surface area contributed by atoms with E-state index in [1.807, 2.05) is 12.1 Å². The van der Waals surface area contributed by atoms with Crippen LogP contribution >= 0.6 is 23.2 Å². The fourth-order valence-electron chi connectivity index (χ4n) is 1.78. The van der Waals surface area contributed by atoms with E-state index in [9.17, 15) is 0 Å². The van der Waals surface area contributed by atoms with Crippen molar-refractivity contribution in [2.45, 2.75) is 45.7 Å². The molecule has 1 atom stereocenters. The predicted molar refractivity (Wildman–Crippen MR) is 81.9 cm³/mol. The molecular weight excluding hydrogens is 267 g/mol. The van der Waals surface area contributed by atoms with Gasteiger partial charge in [0.2, 0.25) is 0 Å². The monoisotopic (exact) mass is 288 g/mol. The Labute approximate surface area is 120 Å². The van der Waals surface area contributed by atoms with Crippen molar-refractivity contribution in [3.63, 3.8) is 0 Å². The summed E-state index contributed by atoms with van der Waals surface area (Å²) >= 11 is 11.6. The molecule has 1 saturated heterocycles. The Balaban J connectivity index is 0.000000225. The summed E-state index contributed by atoms with van der Waals surface area (Å²) < 4.78 is 0. The van der Waals surface area contributed by atoms with Gasteiger partial charge in [0.15, 0.2) is 0 Å². The van der Waals surface area contributed by atoms with E-state index in [1.165, 1.54) is 19.4 Å². The lowest BCUT2D eigenvalue weighted by Crippen LogP contribution is -2.16. The Bertz CT molecular complexity index is 361. The minimum atomic E-state index is 0.405. The standard InChI is InChI=1S/C9H11Cl2N.C5H11N/c1-6(2)12-7-3-4-8(10)9(11)5-7;1-5-3-2-4-6-5/h3-6,12H,1-2H3;5-6H,2-4H2,1H3. The highest BCUT2D eigenvalue weighted by Gasteiger charge is 2.05. The normalized spacial score (nSPS) is 18.4. The third-order valence-corrected chi connectivity index (χ3v) is 3.42. The molecular formula is C14H22Cl2N2. The van der Waals surface area contributed by atoms with Crippen molar-refractivity contribution in [1.82, 2.24) is 5.32 Å². The Kier molecular flexibility index (Phi) is 6.83. The third-order valence-electron chi connectivity index (χ3n) is 2.68. The number of rotatable bonds is 2. The zero-order valence-corrected chi connectivity index (χ0v) is 12.8. The molecule has 102 valence electrons. The van der Waals surface area contributed by atoms with Gasteiger partial charge in [-0.3, -0.25) is 0 Å². The van der Waals surface area contributed by atoms with Crippen LogP contribution in [0.3, 0.4) is 0 Å². The minimum absolute atomic E-state index is 0.405. The lowest BCUT2D eigenvalue weighted by atomic mass is 10.3. The van der Waals surface area contributed by atoms with Crippen molar-refractivity contribution in [3.8, 4) is 0 Å². The maximum absolute atomic E-state index is 5.83. The summed E-state index contributed by atoms with van der Waals surface area (Å²) in [7, 11) is 0. The lowest BCUT2D eigenvalue weighted by Gasteiger charge is -2.10. The van der Waals surface area contributed by atoms with Crippen LogP contribution in [-0.2, 0) is 0 Å². The van der Waals surface area contributed by atoms with Crippen LogP contribution in [0.4, 0.5) is 5.69 Å². The predicted octanol–water partition coefficient (Wildman–Crippen LogP) is 4.57. The second-order valence-corrected chi connectivity index (χ2v) is 5.74. The van der Waals surface area contributed by atoms with E-state index in [2.05, 4.69) is 31.4 Å². The molecule has 1 fully saturated rings. The fraction of sp³-hybridized carbons (Fsp3) is 0.571. The van der Waals surface area contributed by atoms with E-state index in [-0.39, 0.29) is 0 Å². The topological polar surface area (TPSA) is 24.1 Å². The summed E-state index contributed by atoms with van der Waals surface area (Å²) in [5.41, 5.74) is 0.999. The van der Waals surface area contributed by atoms with Gasteiger partial charge in [0.1, 0.15) is 0 Å². The average Bonchev–Trinajstić information content (AvgIpc) is 2.75. The summed E-state index contributed by atoms with van der Waals surface area (Å²) in [5, 5.41) is 7.72. The first-order valence-corrected chi connectivity index (χ1v) is 7.19. The molecule has 1 aliphatic rings. The second kappa shape index (κ2) is 7.88.